The lowest BCUT2D eigenvalue weighted by molar-refractivity contribution is -0.324. The fourth-order valence-corrected chi connectivity index (χ4v) is 7.16. The first-order chi connectivity index (χ1) is 32.0. The fraction of sp³-hybridized carbons (Fsp3) is 0.582. The zero-order chi connectivity index (χ0) is 51.0. The van der Waals surface area contributed by atoms with Gasteiger partial charge in [0.15, 0.2) is 12.6 Å². The van der Waals surface area contributed by atoms with Crippen molar-refractivity contribution in [1.29, 1.82) is 0 Å². The summed E-state index contributed by atoms with van der Waals surface area (Å²) in [7, 11) is 0. The molecule has 2 fully saturated rings. The second-order valence-electron chi connectivity index (χ2n) is 19.2. The maximum Gasteiger partial charge on any atom is 0.305 e. The topological polar surface area (TPSA) is 205 Å². The van der Waals surface area contributed by atoms with Crippen molar-refractivity contribution in [3.8, 4) is 0 Å². The van der Waals surface area contributed by atoms with E-state index in [4.69, 9.17) is 23.7 Å². The number of hydrogen-bond acceptors (Lipinski definition) is 13. The van der Waals surface area contributed by atoms with E-state index in [0.29, 0.717) is 12.8 Å². The smallest absolute Gasteiger partial charge is 0.305 e. The molecule has 2 aliphatic heterocycles. The van der Waals surface area contributed by atoms with Crippen molar-refractivity contribution in [2.75, 3.05) is 13.2 Å². The highest BCUT2D eigenvalue weighted by Gasteiger charge is 2.47. The van der Waals surface area contributed by atoms with Crippen LogP contribution in [0.5, 0.6) is 0 Å². The molecule has 0 aromatic heterocycles. The van der Waals surface area contributed by atoms with Gasteiger partial charge < -0.3 is 59.4 Å². The number of rotatable bonds is 26. The molecule has 13 nitrogen and oxygen atoms in total. The number of hydrogen-bond donors (Lipinski definition) is 7. The molecule has 0 radical (unpaired) electrons. The summed E-state index contributed by atoms with van der Waals surface area (Å²) in [6.45, 7) is 20.8. The second kappa shape index (κ2) is 30.7. The predicted octanol–water partition coefficient (Wildman–Crippen LogP) is 7.94. The first-order valence-electron chi connectivity index (χ1n) is 23.9. The number of aliphatic hydroxyl groups excluding tert-OH is 7. The first-order valence-corrected chi connectivity index (χ1v) is 23.9. The quantitative estimate of drug-likeness (QED) is 0.0326. The van der Waals surface area contributed by atoms with Crippen LogP contribution < -0.4 is 0 Å². The number of esters is 1. The summed E-state index contributed by atoms with van der Waals surface area (Å²) in [6.07, 6.45) is 24.7. The highest BCUT2D eigenvalue weighted by Crippen LogP contribution is 2.30. The Labute approximate surface area is 406 Å². The van der Waals surface area contributed by atoms with Crippen LogP contribution in [0.2, 0.25) is 0 Å². The van der Waals surface area contributed by atoms with Gasteiger partial charge in [-0.15, -0.1) is 0 Å². The van der Waals surface area contributed by atoms with Gasteiger partial charge in [-0.05, 0) is 108 Å². The molecular formula is C55H84O13. The molecule has 0 aliphatic carbocycles. The van der Waals surface area contributed by atoms with Crippen molar-refractivity contribution < 1.29 is 64.2 Å². The van der Waals surface area contributed by atoms with Crippen LogP contribution in [-0.4, -0.2) is 128 Å². The van der Waals surface area contributed by atoms with Crippen LogP contribution in [0.4, 0.5) is 0 Å². The third-order valence-corrected chi connectivity index (χ3v) is 11.5. The van der Waals surface area contributed by atoms with Gasteiger partial charge in [-0.2, -0.15) is 0 Å². The Morgan fingerprint density at radius 1 is 0.515 bits per heavy atom. The molecule has 0 aromatic rings. The number of ether oxygens (including phenoxy) is 5. The summed E-state index contributed by atoms with van der Waals surface area (Å²) in [6, 6.07) is 0. The third kappa shape index (κ3) is 23.2. The van der Waals surface area contributed by atoms with E-state index in [9.17, 15) is 40.5 Å². The SMILES string of the molecule is CCC(=O)OC[C@H]1O[C@@H](OC(C)(C)CCC/C(C)=C/C=C/C(C)=C/C=C/C(C)=C/C=C/C=C(C)/C=C/C=C(C)/C=C/C=C(\C)CCCC(C)(C)O[C@@H]2O[C@H](CO)[C@@H](O)[C@H](O)[C@H]2O)[C@H](O)[C@@H](O)[C@@H]1O. The summed E-state index contributed by atoms with van der Waals surface area (Å²) in [5.74, 6) is -0.455. The molecule has 7 N–H and O–H groups in total. The van der Waals surface area contributed by atoms with E-state index in [-0.39, 0.29) is 13.0 Å². The van der Waals surface area contributed by atoms with Crippen molar-refractivity contribution in [3.05, 3.63) is 131 Å². The van der Waals surface area contributed by atoms with Crippen LogP contribution in [0.15, 0.2) is 131 Å². The molecule has 2 rings (SSSR count). The van der Waals surface area contributed by atoms with Gasteiger partial charge in [0, 0.05) is 6.42 Å². The lowest BCUT2D eigenvalue weighted by atomic mass is 9.96. The Kier molecular flexibility index (Phi) is 27.2. The zero-order valence-corrected chi connectivity index (χ0v) is 42.5. The van der Waals surface area contributed by atoms with Gasteiger partial charge in [0.05, 0.1) is 17.8 Å². The summed E-state index contributed by atoms with van der Waals surface area (Å²) >= 11 is 0. The molecule has 0 spiro atoms. The Morgan fingerprint density at radius 3 is 1.25 bits per heavy atom. The van der Waals surface area contributed by atoms with Crippen LogP contribution in [0.25, 0.3) is 0 Å². The van der Waals surface area contributed by atoms with Crippen molar-refractivity contribution in [1.82, 2.24) is 0 Å². The summed E-state index contributed by atoms with van der Waals surface area (Å²) in [4.78, 5) is 11.6. The Balaban J connectivity index is 1.75. The summed E-state index contributed by atoms with van der Waals surface area (Å²) in [5, 5.41) is 71.0. The number of aliphatic hydroxyl groups is 7. The van der Waals surface area contributed by atoms with E-state index in [1.165, 1.54) is 11.1 Å². The van der Waals surface area contributed by atoms with Crippen molar-refractivity contribution >= 4 is 5.97 Å². The number of carbonyl (C=O) groups is 1. The molecule has 2 aliphatic rings. The summed E-state index contributed by atoms with van der Waals surface area (Å²) < 4.78 is 28.3. The minimum absolute atomic E-state index is 0.170. The van der Waals surface area contributed by atoms with E-state index in [1.807, 2.05) is 64.2 Å². The fourth-order valence-electron chi connectivity index (χ4n) is 7.16. The molecule has 0 bridgehead atoms. The molecule has 0 amide bonds. The Morgan fingerprint density at radius 2 is 0.868 bits per heavy atom. The van der Waals surface area contributed by atoms with Gasteiger partial charge in [0.1, 0.15) is 55.4 Å². The highest BCUT2D eigenvalue weighted by atomic mass is 16.7. The standard InChI is InChI=1S/C55H84O13/c1-12-45(57)64-36-44-47(59)49(61)51(63)53(66-44)68-55(10,11)34-20-32-42(7)30-18-28-40(5)26-16-24-38(3)22-14-13-21-37(2)23-15-25-39(4)27-17-29-41(6)31-19-33-54(8,9)67-52-50(62)48(60)46(58)43(35-56)65-52/h13-18,21-30,43-44,46-53,56,58-63H,12,19-20,31-36H2,1-11H3/b14-13+,23-15+,24-16+,27-17+,28-18+,37-21+,38-22+,39-25+,40-26+,41-29+,42-30+/t43-,44-,46-,47-,48+,49+,50-,51-,52+,53+/m1/s1. The summed E-state index contributed by atoms with van der Waals surface area (Å²) in [5.41, 5.74) is 5.53. The first kappa shape index (κ1) is 60.3. The van der Waals surface area contributed by atoms with Crippen LogP contribution in [0.3, 0.4) is 0 Å². The maximum absolute atomic E-state index is 11.6. The largest absolute Gasteiger partial charge is 0.463 e. The number of carbonyl (C=O) groups excluding carboxylic acids is 1. The van der Waals surface area contributed by atoms with E-state index in [2.05, 4.69) is 102 Å². The molecule has 13 heteroatoms. The molecule has 0 aromatic carbocycles. The van der Waals surface area contributed by atoms with Crippen molar-refractivity contribution in [3.63, 3.8) is 0 Å². The van der Waals surface area contributed by atoms with Gasteiger partial charge in [0.2, 0.25) is 0 Å². The molecule has 0 unspecified atom stereocenters. The molecule has 382 valence electrons. The molecule has 2 saturated heterocycles. The van der Waals surface area contributed by atoms with E-state index in [0.717, 1.165) is 48.0 Å². The predicted molar refractivity (Wildman–Crippen MR) is 268 cm³/mol. The third-order valence-electron chi connectivity index (χ3n) is 11.5. The van der Waals surface area contributed by atoms with E-state index < -0.39 is 85.2 Å². The number of allylic oxidation sites excluding steroid dienone is 22. The minimum Gasteiger partial charge on any atom is -0.463 e. The van der Waals surface area contributed by atoms with Crippen molar-refractivity contribution in [2.45, 2.75) is 194 Å². The van der Waals surface area contributed by atoms with Gasteiger partial charge in [-0.25, -0.2) is 0 Å². The average molecular weight is 953 g/mol. The van der Waals surface area contributed by atoms with Gasteiger partial charge in [-0.3, -0.25) is 4.79 Å². The van der Waals surface area contributed by atoms with Crippen LogP contribution in [0.1, 0.15) is 121 Å². The molecular weight excluding hydrogens is 869 g/mol. The normalized spacial score (nSPS) is 28.1. The minimum atomic E-state index is -1.50. The van der Waals surface area contributed by atoms with Gasteiger partial charge >= 0.3 is 5.97 Å². The van der Waals surface area contributed by atoms with Crippen LogP contribution in [0, 0.1) is 0 Å². The van der Waals surface area contributed by atoms with Crippen LogP contribution >= 0.6 is 0 Å². The lowest BCUT2D eigenvalue weighted by Crippen LogP contribution is -2.60. The van der Waals surface area contributed by atoms with Gasteiger partial charge in [0.25, 0.3) is 0 Å². The Hall–Kier alpha value is -3.83. The molecule has 10 atom stereocenters. The monoisotopic (exact) mass is 953 g/mol. The van der Waals surface area contributed by atoms with E-state index >= 15 is 0 Å². The van der Waals surface area contributed by atoms with Crippen LogP contribution in [-0.2, 0) is 28.5 Å². The lowest BCUT2D eigenvalue weighted by Gasteiger charge is -2.42. The Bertz CT molecular complexity index is 1890. The maximum atomic E-state index is 11.6. The second-order valence-corrected chi connectivity index (χ2v) is 19.2. The van der Waals surface area contributed by atoms with Crippen molar-refractivity contribution in [2.24, 2.45) is 0 Å². The zero-order valence-electron chi connectivity index (χ0n) is 42.5. The molecule has 68 heavy (non-hydrogen) atoms. The van der Waals surface area contributed by atoms with E-state index in [1.54, 1.807) is 6.92 Å². The molecule has 0 saturated carbocycles. The molecule has 2 heterocycles. The highest BCUT2D eigenvalue weighted by molar-refractivity contribution is 5.68. The van der Waals surface area contributed by atoms with Gasteiger partial charge in [-0.1, -0.05) is 138 Å². The average Bonchev–Trinajstić information content (AvgIpc) is 3.27.